The maximum atomic E-state index is 12.9. The number of hydrogen-bond donors (Lipinski definition) is 2. The van der Waals surface area contributed by atoms with Gasteiger partial charge in [-0.05, 0) is 65.7 Å². The molecule has 1 aliphatic rings. The minimum atomic E-state index is -3.91. The quantitative estimate of drug-likeness (QED) is 0.346. The summed E-state index contributed by atoms with van der Waals surface area (Å²) >= 11 is 11.9. The molecule has 0 amide bonds. The van der Waals surface area contributed by atoms with Crippen LogP contribution in [0.2, 0.25) is 10.0 Å². The number of aromatic nitrogens is 3. The molecule has 0 aliphatic carbocycles. The van der Waals surface area contributed by atoms with Crippen molar-refractivity contribution in [2.45, 2.75) is 10.9 Å². The number of allylic oxidation sites excluding steroid dienone is 1. The van der Waals surface area contributed by atoms with Gasteiger partial charge in [0.15, 0.2) is 0 Å². The molecule has 3 aromatic carbocycles. The number of halogens is 2. The second-order valence-corrected chi connectivity index (χ2v) is 10.2. The zero-order chi connectivity index (χ0) is 24.6. The van der Waals surface area contributed by atoms with Crippen LogP contribution in [0.4, 0.5) is 11.9 Å². The van der Waals surface area contributed by atoms with Crippen molar-refractivity contribution in [2.75, 3.05) is 17.1 Å². The molecule has 1 atom stereocenters. The minimum absolute atomic E-state index is 0.0503. The highest BCUT2D eigenvalue weighted by Crippen LogP contribution is 2.34. The Labute approximate surface area is 212 Å². The van der Waals surface area contributed by atoms with Gasteiger partial charge in [0.2, 0.25) is 5.95 Å². The molecule has 1 aliphatic heterocycles. The largest absolute Gasteiger partial charge is 0.497 e. The Kier molecular flexibility index (Phi) is 6.14. The number of sulfonamides is 1. The number of anilines is 2. The Morgan fingerprint density at radius 2 is 1.57 bits per heavy atom. The van der Waals surface area contributed by atoms with Crippen LogP contribution in [0.5, 0.6) is 5.75 Å². The summed E-state index contributed by atoms with van der Waals surface area (Å²) in [5, 5.41) is 8.75. The van der Waals surface area contributed by atoms with Crippen molar-refractivity contribution in [3.63, 3.8) is 0 Å². The van der Waals surface area contributed by atoms with Crippen molar-refractivity contribution in [1.82, 2.24) is 14.8 Å². The lowest BCUT2D eigenvalue weighted by molar-refractivity contribution is 0.414. The van der Waals surface area contributed by atoms with Crippen LogP contribution in [-0.2, 0) is 10.0 Å². The average molecular weight is 528 g/mol. The lowest BCUT2D eigenvalue weighted by Gasteiger charge is -2.24. The molecular weight excluding hydrogens is 509 g/mol. The van der Waals surface area contributed by atoms with E-state index in [4.69, 9.17) is 27.9 Å². The van der Waals surface area contributed by atoms with Crippen LogP contribution in [0.1, 0.15) is 17.2 Å². The van der Waals surface area contributed by atoms with Gasteiger partial charge in [-0.25, -0.2) is 17.8 Å². The smallest absolute Gasteiger partial charge is 0.264 e. The summed E-state index contributed by atoms with van der Waals surface area (Å²) in [6, 6.07) is 20.4. The fourth-order valence-corrected chi connectivity index (χ4v) is 4.86. The lowest BCUT2D eigenvalue weighted by atomic mass is 10.0. The summed E-state index contributed by atoms with van der Waals surface area (Å²) in [5.41, 5.74) is 2.59. The van der Waals surface area contributed by atoms with Crippen molar-refractivity contribution in [3.05, 3.63) is 100 Å². The van der Waals surface area contributed by atoms with E-state index in [9.17, 15) is 8.42 Å². The number of nitrogens with zero attached hydrogens (tertiary/aromatic N) is 3. The summed E-state index contributed by atoms with van der Waals surface area (Å²) in [4.78, 5) is 4.46. The molecule has 1 unspecified atom stereocenters. The van der Waals surface area contributed by atoms with E-state index in [1.165, 1.54) is 24.3 Å². The monoisotopic (exact) mass is 527 g/mol. The van der Waals surface area contributed by atoms with Gasteiger partial charge in [-0.2, -0.15) is 4.98 Å². The molecule has 0 radical (unpaired) electrons. The molecule has 2 N–H and O–H groups in total. The number of fused-ring (bicyclic) bond motifs is 1. The highest BCUT2D eigenvalue weighted by atomic mass is 35.5. The number of nitrogens with one attached hydrogen (secondary N) is 2. The van der Waals surface area contributed by atoms with E-state index in [0.717, 1.165) is 22.6 Å². The molecule has 0 bridgehead atoms. The van der Waals surface area contributed by atoms with Gasteiger partial charge >= 0.3 is 0 Å². The van der Waals surface area contributed by atoms with Crippen molar-refractivity contribution in [1.29, 1.82) is 0 Å². The van der Waals surface area contributed by atoms with Gasteiger partial charge in [0.05, 0.1) is 12.0 Å². The normalized spacial score (nSPS) is 15.1. The van der Waals surface area contributed by atoms with Crippen LogP contribution in [0.3, 0.4) is 0 Å². The van der Waals surface area contributed by atoms with Crippen LogP contribution in [0.25, 0.3) is 5.70 Å². The fourth-order valence-electron chi connectivity index (χ4n) is 3.67. The van der Waals surface area contributed by atoms with Gasteiger partial charge in [-0.1, -0.05) is 47.5 Å². The highest BCUT2D eigenvalue weighted by Gasteiger charge is 2.27. The summed E-state index contributed by atoms with van der Waals surface area (Å²) in [7, 11) is -2.31. The Hall–Kier alpha value is -3.53. The van der Waals surface area contributed by atoms with E-state index in [1.807, 2.05) is 42.5 Å². The molecule has 178 valence electrons. The van der Waals surface area contributed by atoms with Gasteiger partial charge < -0.3 is 10.1 Å². The van der Waals surface area contributed by atoms with E-state index in [1.54, 1.807) is 23.9 Å². The molecule has 4 aromatic rings. The van der Waals surface area contributed by atoms with Gasteiger partial charge in [0, 0.05) is 15.7 Å². The average Bonchev–Trinajstić information content (AvgIpc) is 3.26. The topological polar surface area (TPSA) is 98.1 Å². The fraction of sp³-hybridized carbons (Fsp3) is 0.0833. The predicted molar refractivity (Wildman–Crippen MR) is 136 cm³/mol. The second-order valence-electron chi connectivity index (χ2n) is 7.69. The standard InChI is InChI=1S/C24H19Cl2N5O3S/c1-34-19-10-4-16(5-11-19)22-14-21(15-2-6-17(25)7-3-15)27-24-28-23(29-31(22)24)30-35(32,33)20-12-8-18(26)9-13-20/h2-14,22H,1H3,(H2,27,28,29,30). The first-order chi connectivity index (χ1) is 16.8. The Morgan fingerprint density at radius 3 is 2.20 bits per heavy atom. The van der Waals surface area contributed by atoms with Gasteiger partial charge in [0.1, 0.15) is 11.8 Å². The predicted octanol–water partition coefficient (Wildman–Crippen LogP) is 5.45. The number of rotatable bonds is 6. The summed E-state index contributed by atoms with van der Waals surface area (Å²) in [6.45, 7) is 0. The summed E-state index contributed by atoms with van der Waals surface area (Å²) < 4.78 is 35.1. The summed E-state index contributed by atoms with van der Waals surface area (Å²) in [6.07, 6.45) is 1.99. The Morgan fingerprint density at radius 1 is 0.943 bits per heavy atom. The van der Waals surface area contributed by atoms with E-state index in [-0.39, 0.29) is 16.9 Å². The maximum absolute atomic E-state index is 12.9. The molecular formula is C24H19Cl2N5O3S. The van der Waals surface area contributed by atoms with Gasteiger partial charge in [-0.15, -0.1) is 5.10 Å². The molecule has 0 saturated heterocycles. The van der Waals surface area contributed by atoms with E-state index in [0.29, 0.717) is 16.0 Å². The molecule has 0 fully saturated rings. The molecule has 0 saturated carbocycles. The Balaban J connectivity index is 1.53. The molecule has 0 spiro atoms. The molecule has 2 heterocycles. The van der Waals surface area contributed by atoms with E-state index in [2.05, 4.69) is 20.1 Å². The molecule has 1 aromatic heterocycles. The van der Waals surface area contributed by atoms with E-state index >= 15 is 0 Å². The first kappa shape index (κ1) is 23.2. The van der Waals surface area contributed by atoms with Crippen molar-refractivity contribution in [2.24, 2.45) is 0 Å². The highest BCUT2D eigenvalue weighted by molar-refractivity contribution is 7.92. The van der Waals surface area contributed by atoms with Crippen LogP contribution < -0.4 is 14.8 Å². The lowest BCUT2D eigenvalue weighted by Crippen LogP contribution is -2.20. The van der Waals surface area contributed by atoms with Crippen LogP contribution >= 0.6 is 23.2 Å². The molecule has 5 rings (SSSR count). The minimum Gasteiger partial charge on any atom is -0.497 e. The maximum Gasteiger partial charge on any atom is 0.264 e. The SMILES string of the molecule is COc1ccc(C2C=C(c3ccc(Cl)cc3)Nc3nc(NS(=O)(=O)c4ccc(Cl)cc4)nn32)cc1. The zero-order valence-corrected chi connectivity index (χ0v) is 20.6. The molecule has 11 heteroatoms. The van der Waals surface area contributed by atoms with Crippen LogP contribution in [0.15, 0.2) is 83.8 Å². The number of hydrogen-bond acceptors (Lipinski definition) is 6. The van der Waals surface area contributed by atoms with Crippen LogP contribution in [0, 0.1) is 0 Å². The van der Waals surface area contributed by atoms with Gasteiger partial charge in [-0.3, -0.25) is 0 Å². The van der Waals surface area contributed by atoms with Gasteiger partial charge in [0.25, 0.3) is 16.0 Å². The third-order valence-corrected chi connectivity index (χ3v) is 7.28. The first-order valence-electron chi connectivity index (χ1n) is 10.5. The van der Waals surface area contributed by atoms with Crippen molar-refractivity contribution in [3.8, 4) is 5.75 Å². The number of benzene rings is 3. The van der Waals surface area contributed by atoms with Crippen LogP contribution in [-0.4, -0.2) is 30.3 Å². The Bertz CT molecular complexity index is 1500. The van der Waals surface area contributed by atoms with E-state index < -0.39 is 10.0 Å². The number of methoxy groups -OCH3 is 1. The summed E-state index contributed by atoms with van der Waals surface area (Å²) in [5.74, 6) is 1.04. The molecule has 8 nitrogen and oxygen atoms in total. The second kappa shape index (κ2) is 9.26. The number of ether oxygens (including phenoxy) is 1. The van der Waals surface area contributed by atoms with Crippen molar-refractivity contribution >= 4 is 50.8 Å². The van der Waals surface area contributed by atoms with Crippen molar-refractivity contribution < 1.29 is 13.2 Å². The zero-order valence-electron chi connectivity index (χ0n) is 18.3. The third kappa shape index (κ3) is 4.84. The third-order valence-electron chi connectivity index (χ3n) is 5.43. The first-order valence-corrected chi connectivity index (χ1v) is 12.7. The molecule has 35 heavy (non-hydrogen) atoms.